The van der Waals surface area contributed by atoms with Crippen LogP contribution in [0.15, 0.2) is 66.1 Å². The highest BCUT2D eigenvalue weighted by Gasteiger charge is 2.29. The number of amides is 1. The maximum absolute atomic E-state index is 13.3. The van der Waals surface area contributed by atoms with Gasteiger partial charge in [-0.15, -0.1) is 6.58 Å². The molecule has 0 aromatic heterocycles. The minimum Gasteiger partial charge on any atom is -0.495 e. The first-order valence-electron chi connectivity index (χ1n) is 8.94. The van der Waals surface area contributed by atoms with Gasteiger partial charge in [0.1, 0.15) is 10.6 Å². The van der Waals surface area contributed by atoms with Gasteiger partial charge in [-0.1, -0.05) is 42.5 Å². The predicted molar refractivity (Wildman–Crippen MR) is 110 cm³/mol. The molecule has 6 nitrogen and oxygen atoms in total. The van der Waals surface area contributed by atoms with Gasteiger partial charge in [-0.2, -0.15) is 4.31 Å². The van der Waals surface area contributed by atoms with Crippen LogP contribution in [0.3, 0.4) is 0 Å². The summed E-state index contributed by atoms with van der Waals surface area (Å²) < 4.78 is 33.1. The molecule has 0 atom stereocenters. The number of nitrogens with zero attached hydrogens (tertiary/aromatic N) is 1. The zero-order chi connectivity index (χ0) is 20.6. The van der Waals surface area contributed by atoms with E-state index in [4.69, 9.17) is 4.74 Å². The molecule has 0 fully saturated rings. The number of rotatable bonds is 10. The van der Waals surface area contributed by atoms with E-state index in [0.29, 0.717) is 6.42 Å². The highest BCUT2D eigenvalue weighted by atomic mass is 32.2. The summed E-state index contributed by atoms with van der Waals surface area (Å²) in [6.45, 7) is 5.53. The summed E-state index contributed by atoms with van der Waals surface area (Å²) in [5.41, 5.74) is 1.78. The SMILES string of the molecule is C=CCNC(=O)CN(CCc1ccccc1)S(=O)(=O)c1cc(C)ccc1OC. The molecular weight excluding hydrogens is 376 g/mol. The molecule has 0 aliphatic carbocycles. The van der Waals surface area contributed by atoms with Crippen molar-refractivity contribution in [2.24, 2.45) is 0 Å². The standard InChI is InChI=1S/C21H26N2O4S/c1-4-13-22-21(24)16-23(14-12-18-8-6-5-7-9-18)28(25,26)20-15-17(2)10-11-19(20)27-3/h4-11,15H,1,12-14,16H2,2-3H3,(H,22,24). The Labute approximate surface area is 166 Å². The van der Waals surface area contributed by atoms with Crippen molar-refractivity contribution in [3.63, 3.8) is 0 Å². The average molecular weight is 403 g/mol. The number of benzene rings is 2. The quantitative estimate of drug-likeness (QED) is 0.620. The number of nitrogens with one attached hydrogen (secondary N) is 1. The van der Waals surface area contributed by atoms with Crippen LogP contribution in [0.2, 0.25) is 0 Å². The zero-order valence-electron chi connectivity index (χ0n) is 16.2. The molecular formula is C21H26N2O4S. The molecule has 0 heterocycles. The van der Waals surface area contributed by atoms with Gasteiger partial charge in [0.2, 0.25) is 15.9 Å². The first-order valence-corrected chi connectivity index (χ1v) is 10.4. The molecule has 2 aromatic rings. The van der Waals surface area contributed by atoms with E-state index in [0.717, 1.165) is 11.1 Å². The fourth-order valence-corrected chi connectivity index (χ4v) is 4.35. The number of carbonyl (C=O) groups is 1. The molecule has 150 valence electrons. The summed E-state index contributed by atoms with van der Waals surface area (Å²) in [7, 11) is -2.51. The van der Waals surface area contributed by atoms with Crippen LogP contribution in [0.5, 0.6) is 5.75 Å². The van der Waals surface area contributed by atoms with Crippen LogP contribution in [-0.4, -0.2) is 45.4 Å². The van der Waals surface area contributed by atoms with Gasteiger partial charge in [-0.3, -0.25) is 4.79 Å². The summed E-state index contributed by atoms with van der Waals surface area (Å²) in [6, 6.07) is 14.5. The van der Waals surface area contributed by atoms with Crippen molar-refractivity contribution in [3.05, 3.63) is 72.3 Å². The minimum absolute atomic E-state index is 0.0552. The monoisotopic (exact) mass is 402 g/mol. The highest BCUT2D eigenvalue weighted by molar-refractivity contribution is 7.89. The molecule has 2 aromatic carbocycles. The van der Waals surface area contributed by atoms with Gasteiger partial charge in [0, 0.05) is 13.1 Å². The number of hydrogen-bond acceptors (Lipinski definition) is 4. The number of methoxy groups -OCH3 is 1. The minimum atomic E-state index is -3.93. The van der Waals surface area contributed by atoms with Crippen molar-refractivity contribution in [2.45, 2.75) is 18.2 Å². The largest absolute Gasteiger partial charge is 0.495 e. The smallest absolute Gasteiger partial charge is 0.247 e. The third-order valence-electron chi connectivity index (χ3n) is 4.19. The molecule has 0 aliphatic heterocycles. The van der Waals surface area contributed by atoms with E-state index in [1.54, 1.807) is 24.3 Å². The van der Waals surface area contributed by atoms with Crippen LogP contribution in [0.25, 0.3) is 0 Å². The molecule has 28 heavy (non-hydrogen) atoms. The van der Waals surface area contributed by atoms with Crippen LogP contribution in [-0.2, 0) is 21.2 Å². The number of sulfonamides is 1. The van der Waals surface area contributed by atoms with Crippen molar-refractivity contribution in [1.82, 2.24) is 9.62 Å². The predicted octanol–water partition coefficient (Wildman–Crippen LogP) is 2.54. The lowest BCUT2D eigenvalue weighted by Gasteiger charge is -2.23. The molecule has 0 saturated heterocycles. The Morgan fingerprint density at radius 2 is 1.93 bits per heavy atom. The Morgan fingerprint density at radius 3 is 2.57 bits per heavy atom. The van der Waals surface area contributed by atoms with Crippen LogP contribution < -0.4 is 10.1 Å². The van der Waals surface area contributed by atoms with E-state index in [-0.39, 0.29) is 36.2 Å². The number of hydrogen-bond donors (Lipinski definition) is 1. The summed E-state index contributed by atoms with van der Waals surface area (Å²) in [6.07, 6.45) is 2.03. The molecule has 1 N–H and O–H groups in total. The fraction of sp³-hybridized carbons (Fsp3) is 0.286. The fourth-order valence-electron chi connectivity index (χ4n) is 2.71. The molecule has 0 unspecified atom stereocenters. The van der Waals surface area contributed by atoms with Crippen molar-refractivity contribution in [1.29, 1.82) is 0 Å². The van der Waals surface area contributed by atoms with E-state index in [1.165, 1.54) is 11.4 Å². The second-order valence-corrected chi connectivity index (χ2v) is 8.23. The lowest BCUT2D eigenvalue weighted by molar-refractivity contribution is -0.121. The zero-order valence-corrected chi connectivity index (χ0v) is 17.0. The lowest BCUT2D eigenvalue weighted by Crippen LogP contribution is -2.41. The maximum Gasteiger partial charge on any atom is 0.247 e. The van der Waals surface area contributed by atoms with Crippen molar-refractivity contribution in [2.75, 3.05) is 26.7 Å². The van der Waals surface area contributed by atoms with E-state index in [2.05, 4.69) is 11.9 Å². The molecule has 0 spiro atoms. The second-order valence-electron chi connectivity index (χ2n) is 6.32. The Kier molecular flexibility index (Phi) is 7.78. The first-order chi connectivity index (χ1) is 13.4. The first kappa shape index (κ1) is 21.7. The Morgan fingerprint density at radius 1 is 1.21 bits per heavy atom. The summed E-state index contributed by atoms with van der Waals surface area (Å²) in [5.74, 6) is -0.134. The van der Waals surface area contributed by atoms with Gasteiger partial charge >= 0.3 is 0 Å². The molecule has 0 bridgehead atoms. The molecule has 7 heteroatoms. The highest BCUT2D eigenvalue weighted by Crippen LogP contribution is 2.28. The lowest BCUT2D eigenvalue weighted by atomic mass is 10.1. The maximum atomic E-state index is 13.3. The Hall–Kier alpha value is -2.64. The van der Waals surface area contributed by atoms with Gasteiger partial charge in [0.15, 0.2) is 0 Å². The van der Waals surface area contributed by atoms with Gasteiger partial charge < -0.3 is 10.1 Å². The van der Waals surface area contributed by atoms with Crippen LogP contribution in [0.1, 0.15) is 11.1 Å². The van der Waals surface area contributed by atoms with Gasteiger partial charge in [-0.05, 0) is 36.6 Å². The van der Waals surface area contributed by atoms with E-state index in [9.17, 15) is 13.2 Å². The normalized spacial score (nSPS) is 11.2. The Bertz CT molecular complexity index is 911. The summed E-state index contributed by atoms with van der Waals surface area (Å²) in [4.78, 5) is 12.3. The Balaban J connectivity index is 2.34. The molecule has 0 aliphatic rings. The molecule has 2 rings (SSSR count). The molecule has 0 saturated carbocycles. The van der Waals surface area contributed by atoms with Crippen molar-refractivity contribution >= 4 is 15.9 Å². The van der Waals surface area contributed by atoms with Crippen LogP contribution in [0, 0.1) is 6.92 Å². The third kappa shape index (κ3) is 5.68. The van der Waals surface area contributed by atoms with Crippen LogP contribution in [0.4, 0.5) is 0 Å². The summed E-state index contributed by atoms with van der Waals surface area (Å²) in [5, 5.41) is 2.63. The topological polar surface area (TPSA) is 75.7 Å². The molecule has 0 radical (unpaired) electrons. The average Bonchev–Trinajstić information content (AvgIpc) is 2.70. The van der Waals surface area contributed by atoms with Crippen molar-refractivity contribution in [3.8, 4) is 5.75 Å². The van der Waals surface area contributed by atoms with E-state index in [1.807, 2.05) is 37.3 Å². The number of carbonyl (C=O) groups excluding carboxylic acids is 1. The second kappa shape index (κ2) is 10.1. The van der Waals surface area contributed by atoms with Gasteiger partial charge in [-0.25, -0.2) is 8.42 Å². The van der Waals surface area contributed by atoms with E-state index >= 15 is 0 Å². The van der Waals surface area contributed by atoms with E-state index < -0.39 is 10.0 Å². The van der Waals surface area contributed by atoms with Crippen LogP contribution >= 0.6 is 0 Å². The number of aryl methyl sites for hydroxylation is 1. The van der Waals surface area contributed by atoms with Gasteiger partial charge in [0.05, 0.1) is 13.7 Å². The summed E-state index contributed by atoms with van der Waals surface area (Å²) >= 11 is 0. The van der Waals surface area contributed by atoms with Gasteiger partial charge in [0.25, 0.3) is 0 Å². The molecule has 1 amide bonds. The third-order valence-corrected chi connectivity index (χ3v) is 6.06. The number of ether oxygens (including phenoxy) is 1. The van der Waals surface area contributed by atoms with Crippen molar-refractivity contribution < 1.29 is 17.9 Å².